The SMILES string of the molecule is COCC(C)(C)N1CCC(=O)C1=O. The molecule has 0 aliphatic carbocycles. The molecule has 0 N–H and O–H groups in total. The normalized spacial score (nSPS) is 18.5. The lowest BCUT2D eigenvalue weighted by molar-refractivity contribution is -0.143. The summed E-state index contributed by atoms with van der Waals surface area (Å²) in [6.45, 7) is 4.76. The molecule has 0 aromatic carbocycles. The monoisotopic (exact) mass is 185 g/mol. The Bertz CT molecular complexity index is 235. The molecule has 0 aromatic rings. The van der Waals surface area contributed by atoms with Gasteiger partial charge < -0.3 is 9.64 Å². The van der Waals surface area contributed by atoms with Crippen LogP contribution in [-0.2, 0) is 14.3 Å². The van der Waals surface area contributed by atoms with Crippen LogP contribution in [0.1, 0.15) is 20.3 Å². The van der Waals surface area contributed by atoms with Gasteiger partial charge in [0.25, 0.3) is 5.91 Å². The molecule has 0 atom stereocenters. The maximum absolute atomic E-state index is 11.3. The first-order chi connectivity index (χ1) is 5.99. The second-order valence-corrected chi connectivity index (χ2v) is 3.88. The van der Waals surface area contributed by atoms with Crippen molar-refractivity contribution in [3.05, 3.63) is 0 Å². The van der Waals surface area contributed by atoms with Crippen molar-refractivity contribution in [2.75, 3.05) is 20.3 Å². The average molecular weight is 185 g/mol. The number of nitrogens with zero attached hydrogens (tertiary/aromatic N) is 1. The second-order valence-electron chi connectivity index (χ2n) is 3.88. The molecular weight excluding hydrogens is 170 g/mol. The number of hydrogen-bond acceptors (Lipinski definition) is 3. The third kappa shape index (κ3) is 1.88. The fourth-order valence-electron chi connectivity index (χ4n) is 1.58. The molecule has 0 bridgehead atoms. The smallest absolute Gasteiger partial charge is 0.290 e. The molecule has 0 spiro atoms. The van der Waals surface area contributed by atoms with E-state index in [1.54, 1.807) is 12.0 Å². The number of methoxy groups -OCH3 is 1. The fourth-order valence-corrected chi connectivity index (χ4v) is 1.58. The van der Waals surface area contributed by atoms with Gasteiger partial charge in [0.05, 0.1) is 12.1 Å². The molecule has 0 radical (unpaired) electrons. The third-order valence-electron chi connectivity index (χ3n) is 2.27. The minimum Gasteiger partial charge on any atom is -0.382 e. The van der Waals surface area contributed by atoms with Gasteiger partial charge in [-0.3, -0.25) is 9.59 Å². The van der Waals surface area contributed by atoms with Crippen LogP contribution in [0.25, 0.3) is 0 Å². The van der Waals surface area contributed by atoms with Crippen molar-refractivity contribution in [1.82, 2.24) is 4.90 Å². The highest BCUT2D eigenvalue weighted by molar-refractivity contribution is 6.38. The van der Waals surface area contributed by atoms with Gasteiger partial charge in [-0.05, 0) is 13.8 Å². The molecule has 1 aliphatic heterocycles. The van der Waals surface area contributed by atoms with Crippen molar-refractivity contribution in [3.8, 4) is 0 Å². The Morgan fingerprint density at radius 1 is 1.46 bits per heavy atom. The van der Waals surface area contributed by atoms with Gasteiger partial charge in [0.15, 0.2) is 0 Å². The standard InChI is InChI=1S/C9H15NO3/c1-9(2,6-13-3)10-5-4-7(11)8(10)12/h4-6H2,1-3H3. The number of carbonyl (C=O) groups is 2. The van der Waals surface area contributed by atoms with E-state index in [0.29, 0.717) is 19.6 Å². The van der Waals surface area contributed by atoms with Gasteiger partial charge in [0.1, 0.15) is 0 Å². The van der Waals surface area contributed by atoms with Gasteiger partial charge in [0, 0.05) is 20.1 Å². The van der Waals surface area contributed by atoms with Crippen LogP contribution in [0.3, 0.4) is 0 Å². The zero-order valence-electron chi connectivity index (χ0n) is 8.29. The van der Waals surface area contributed by atoms with E-state index < -0.39 is 0 Å². The largest absolute Gasteiger partial charge is 0.382 e. The van der Waals surface area contributed by atoms with Gasteiger partial charge in [-0.2, -0.15) is 0 Å². The molecule has 74 valence electrons. The summed E-state index contributed by atoms with van der Waals surface area (Å²) in [5.74, 6) is -0.661. The summed E-state index contributed by atoms with van der Waals surface area (Å²) in [6, 6.07) is 0. The lowest BCUT2D eigenvalue weighted by atomic mass is 10.1. The van der Waals surface area contributed by atoms with Gasteiger partial charge >= 0.3 is 0 Å². The van der Waals surface area contributed by atoms with Crippen LogP contribution in [0.15, 0.2) is 0 Å². The number of Topliss-reactive ketones (excluding diaryl/α,β-unsaturated/α-hetero) is 1. The molecular formula is C9H15NO3. The molecule has 1 rings (SSSR count). The quantitative estimate of drug-likeness (QED) is 0.591. The predicted octanol–water partition coefficient (Wildman–Crippen LogP) is 0.213. The Kier molecular flexibility index (Phi) is 2.71. The minimum absolute atomic E-state index is 0.288. The molecule has 4 nitrogen and oxygen atoms in total. The Balaban J connectivity index is 2.72. The summed E-state index contributed by atoms with van der Waals surface area (Å²) in [7, 11) is 1.59. The first-order valence-electron chi connectivity index (χ1n) is 4.33. The Hall–Kier alpha value is -0.900. The van der Waals surface area contributed by atoms with Crippen molar-refractivity contribution < 1.29 is 14.3 Å². The first kappa shape index (κ1) is 10.2. The maximum atomic E-state index is 11.3. The first-order valence-corrected chi connectivity index (χ1v) is 4.33. The van der Waals surface area contributed by atoms with Crippen LogP contribution in [0.5, 0.6) is 0 Å². The number of ketones is 1. The van der Waals surface area contributed by atoms with E-state index in [1.807, 2.05) is 13.8 Å². The molecule has 0 aromatic heterocycles. The predicted molar refractivity (Wildman–Crippen MR) is 47.3 cm³/mol. The molecule has 1 heterocycles. The molecule has 1 fully saturated rings. The summed E-state index contributed by atoms with van der Waals surface area (Å²) < 4.78 is 5.00. The van der Waals surface area contributed by atoms with Crippen molar-refractivity contribution in [1.29, 1.82) is 0 Å². The average Bonchev–Trinajstić information content (AvgIpc) is 2.33. The zero-order valence-corrected chi connectivity index (χ0v) is 8.29. The van der Waals surface area contributed by atoms with Crippen LogP contribution < -0.4 is 0 Å². The highest BCUT2D eigenvalue weighted by Crippen LogP contribution is 2.20. The Morgan fingerprint density at radius 2 is 2.08 bits per heavy atom. The third-order valence-corrected chi connectivity index (χ3v) is 2.27. The van der Waals surface area contributed by atoms with E-state index in [1.165, 1.54) is 0 Å². The van der Waals surface area contributed by atoms with Gasteiger partial charge in [-0.15, -0.1) is 0 Å². The number of amides is 1. The summed E-state index contributed by atoms with van der Waals surface area (Å²) in [4.78, 5) is 23.9. The molecule has 0 unspecified atom stereocenters. The van der Waals surface area contributed by atoms with E-state index in [2.05, 4.69) is 0 Å². The van der Waals surface area contributed by atoms with Crippen LogP contribution >= 0.6 is 0 Å². The number of carbonyl (C=O) groups excluding carboxylic acids is 2. The summed E-state index contributed by atoms with van der Waals surface area (Å²) in [5.41, 5.74) is -0.377. The lowest BCUT2D eigenvalue weighted by Gasteiger charge is -2.34. The van der Waals surface area contributed by atoms with E-state index in [4.69, 9.17) is 4.74 Å². The molecule has 13 heavy (non-hydrogen) atoms. The second kappa shape index (κ2) is 3.46. The van der Waals surface area contributed by atoms with Crippen molar-refractivity contribution in [3.63, 3.8) is 0 Å². The van der Waals surface area contributed by atoms with Gasteiger partial charge in [-0.25, -0.2) is 0 Å². The summed E-state index contributed by atoms with van der Waals surface area (Å²) in [6.07, 6.45) is 0.339. The Morgan fingerprint density at radius 3 is 2.46 bits per heavy atom. The van der Waals surface area contributed by atoms with E-state index in [9.17, 15) is 9.59 Å². The number of rotatable bonds is 3. The molecule has 0 saturated carbocycles. The summed E-state index contributed by atoms with van der Waals surface area (Å²) in [5, 5.41) is 0. The van der Waals surface area contributed by atoms with Gasteiger partial charge in [0.2, 0.25) is 5.78 Å². The molecule has 4 heteroatoms. The van der Waals surface area contributed by atoms with E-state index in [-0.39, 0.29) is 17.2 Å². The van der Waals surface area contributed by atoms with Crippen LogP contribution in [0.2, 0.25) is 0 Å². The lowest BCUT2D eigenvalue weighted by Crippen LogP contribution is -2.48. The molecule has 1 saturated heterocycles. The topological polar surface area (TPSA) is 46.6 Å². The highest BCUT2D eigenvalue weighted by atomic mass is 16.5. The van der Waals surface area contributed by atoms with E-state index >= 15 is 0 Å². The van der Waals surface area contributed by atoms with Crippen LogP contribution in [0, 0.1) is 0 Å². The molecule has 1 amide bonds. The zero-order chi connectivity index (χ0) is 10.1. The van der Waals surface area contributed by atoms with Crippen molar-refractivity contribution in [2.45, 2.75) is 25.8 Å². The molecule has 1 aliphatic rings. The van der Waals surface area contributed by atoms with Crippen molar-refractivity contribution >= 4 is 11.7 Å². The number of ether oxygens (including phenoxy) is 1. The highest BCUT2D eigenvalue weighted by Gasteiger charge is 2.38. The maximum Gasteiger partial charge on any atom is 0.290 e. The number of likely N-dealkylation sites (tertiary alicyclic amines) is 1. The fraction of sp³-hybridized carbons (Fsp3) is 0.778. The van der Waals surface area contributed by atoms with Crippen molar-refractivity contribution in [2.24, 2.45) is 0 Å². The number of hydrogen-bond donors (Lipinski definition) is 0. The summed E-state index contributed by atoms with van der Waals surface area (Å²) >= 11 is 0. The van der Waals surface area contributed by atoms with E-state index in [0.717, 1.165) is 0 Å². The minimum atomic E-state index is -0.377. The van der Waals surface area contributed by atoms with Crippen LogP contribution in [0.4, 0.5) is 0 Å². The Labute approximate surface area is 77.8 Å². The van der Waals surface area contributed by atoms with Gasteiger partial charge in [-0.1, -0.05) is 0 Å². The van der Waals surface area contributed by atoms with Crippen LogP contribution in [-0.4, -0.2) is 42.4 Å².